The maximum Gasteiger partial charge on any atom is 0.416 e. The quantitative estimate of drug-likeness (QED) is 0.262. The van der Waals surface area contributed by atoms with E-state index in [9.17, 15) is 26.3 Å². The normalized spacial score (nSPS) is 14.9. The maximum atomic E-state index is 13.2. The number of rotatable bonds is 9. The Kier molecular flexibility index (Phi) is 8.31. The summed E-state index contributed by atoms with van der Waals surface area (Å²) in [4.78, 5) is 15.8. The number of halogens is 6. The summed E-state index contributed by atoms with van der Waals surface area (Å²) >= 11 is 0. The van der Waals surface area contributed by atoms with Gasteiger partial charge in [-0.25, -0.2) is 4.98 Å². The van der Waals surface area contributed by atoms with Crippen molar-refractivity contribution < 1.29 is 31.1 Å². The number of nitrogens with one attached hydrogen (secondary N) is 2. The van der Waals surface area contributed by atoms with Crippen LogP contribution in [0.1, 0.15) is 22.3 Å². The average Bonchev–Trinajstić information content (AvgIpc) is 3.34. The Morgan fingerprint density at radius 2 is 1.56 bits per heavy atom. The maximum absolute atomic E-state index is 13.2. The first-order chi connectivity index (χ1) is 19.6. The SMILES string of the molecule is FC(F)(F)c1ccc(Cn2cnc3c(NCc4cccc(C(F)(F)F)c4)nc(NCCN4CCOCC4)nc32)cc1. The van der Waals surface area contributed by atoms with Gasteiger partial charge in [0, 0.05) is 32.7 Å². The van der Waals surface area contributed by atoms with E-state index >= 15 is 0 Å². The largest absolute Gasteiger partial charge is 0.416 e. The first-order valence-corrected chi connectivity index (χ1v) is 12.9. The van der Waals surface area contributed by atoms with Crippen molar-refractivity contribution in [3.8, 4) is 0 Å². The van der Waals surface area contributed by atoms with Gasteiger partial charge in [-0.05, 0) is 35.4 Å². The Labute approximate surface area is 231 Å². The van der Waals surface area contributed by atoms with Gasteiger partial charge in [-0.15, -0.1) is 0 Å². The zero-order valence-corrected chi connectivity index (χ0v) is 21.8. The van der Waals surface area contributed by atoms with E-state index in [1.165, 1.54) is 24.5 Å². The molecule has 1 aliphatic rings. The molecule has 0 spiro atoms. The van der Waals surface area contributed by atoms with Crippen molar-refractivity contribution in [2.45, 2.75) is 25.4 Å². The standard InChI is InChI=1S/C27H27F6N7O/c28-26(29,30)20-6-4-18(5-7-20)16-40-17-36-22-23(35-15-19-2-1-3-21(14-19)27(31,32)33)37-25(38-24(22)40)34-8-9-39-10-12-41-13-11-39/h1-7,14,17H,8-13,15-16H2,(H2,34,35,37,38). The van der Waals surface area contributed by atoms with E-state index in [-0.39, 0.29) is 19.0 Å². The predicted molar refractivity (Wildman–Crippen MR) is 140 cm³/mol. The zero-order chi connectivity index (χ0) is 29.0. The Morgan fingerprint density at radius 1 is 0.829 bits per heavy atom. The summed E-state index contributed by atoms with van der Waals surface area (Å²) in [6.45, 7) is 4.45. The molecule has 1 fully saturated rings. The third-order valence-corrected chi connectivity index (χ3v) is 6.63. The van der Waals surface area contributed by atoms with Crippen molar-refractivity contribution in [2.24, 2.45) is 0 Å². The van der Waals surface area contributed by atoms with E-state index in [1.807, 2.05) is 0 Å². The Hall–Kier alpha value is -3.91. The van der Waals surface area contributed by atoms with Crippen LogP contribution in [0.2, 0.25) is 0 Å². The third kappa shape index (κ3) is 7.24. The molecule has 0 aliphatic carbocycles. The number of hydrogen-bond donors (Lipinski definition) is 2. The van der Waals surface area contributed by atoms with Gasteiger partial charge >= 0.3 is 12.4 Å². The summed E-state index contributed by atoms with van der Waals surface area (Å²) in [5.74, 6) is 0.596. The molecule has 14 heteroatoms. The van der Waals surface area contributed by atoms with Crippen LogP contribution < -0.4 is 10.6 Å². The van der Waals surface area contributed by atoms with Crippen LogP contribution >= 0.6 is 0 Å². The summed E-state index contributed by atoms with van der Waals surface area (Å²) in [5.41, 5.74) is 0.305. The number of anilines is 2. The molecule has 0 saturated carbocycles. The molecule has 5 rings (SSSR count). The van der Waals surface area contributed by atoms with E-state index in [0.29, 0.717) is 47.9 Å². The van der Waals surface area contributed by atoms with E-state index in [0.717, 1.165) is 43.9 Å². The van der Waals surface area contributed by atoms with Crippen molar-refractivity contribution in [1.82, 2.24) is 24.4 Å². The number of nitrogens with zero attached hydrogens (tertiary/aromatic N) is 5. The summed E-state index contributed by atoms with van der Waals surface area (Å²) < 4.78 is 85.5. The number of ether oxygens (including phenoxy) is 1. The molecule has 0 atom stereocenters. The van der Waals surface area contributed by atoms with Crippen molar-refractivity contribution in [1.29, 1.82) is 0 Å². The highest BCUT2D eigenvalue weighted by Gasteiger charge is 2.31. The molecule has 4 aromatic rings. The highest BCUT2D eigenvalue weighted by atomic mass is 19.4. The monoisotopic (exact) mass is 579 g/mol. The van der Waals surface area contributed by atoms with Gasteiger partial charge < -0.3 is 19.9 Å². The molecule has 218 valence electrons. The lowest BCUT2D eigenvalue weighted by Crippen LogP contribution is -2.39. The van der Waals surface area contributed by atoms with Crippen molar-refractivity contribution in [3.05, 3.63) is 77.1 Å². The van der Waals surface area contributed by atoms with Gasteiger partial charge in [0.1, 0.15) is 0 Å². The summed E-state index contributed by atoms with van der Waals surface area (Å²) in [5, 5.41) is 6.27. The number of alkyl halides is 6. The van der Waals surface area contributed by atoms with E-state index in [2.05, 4.69) is 30.5 Å². The fraction of sp³-hybridized carbons (Fsp3) is 0.370. The topological polar surface area (TPSA) is 80.1 Å². The van der Waals surface area contributed by atoms with Crippen molar-refractivity contribution >= 4 is 22.9 Å². The van der Waals surface area contributed by atoms with Crippen LogP contribution in [0.5, 0.6) is 0 Å². The van der Waals surface area contributed by atoms with E-state index in [4.69, 9.17) is 4.74 Å². The minimum atomic E-state index is -4.47. The molecule has 0 amide bonds. The minimum Gasteiger partial charge on any atom is -0.379 e. The van der Waals surface area contributed by atoms with Crippen molar-refractivity contribution in [2.75, 3.05) is 50.0 Å². The third-order valence-electron chi connectivity index (χ3n) is 6.63. The Balaban J connectivity index is 1.39. The molecule has 1 aliphatic heterocycles. The predicted octanol–water partition coefficient (Wildman–Crippen LogP) is 5.27. The molecule has 2 aromatic carbocycles. The Morgan fingerprint density at radius 3 is 2.27 bits per heavy atom. The van der Waals surface area contributed by atoms with Gasteiger partial charge in [-0.2, -0.15) is 36.3 Å². The van der Waals surface area contributed by atoms with E-state index < -0.39 is 23.5 Å². The number of benzene rings is 2. The molecule has 1 saturated heterocycles. The Bertz CT molecular complexity index is 1460. The fourth-order valence-corrected chi connectivity index (χ4v) is 4.45. The lowest BCUT2D eigenvalue weighted by molar-refractivity contribution is -0.138. The second kappa shape index (κ2) is 11.9. The summed E-state index contributed by atoms with van der Waals surface area (Å²) in [7, 11) is 0. The average molecular weight is 580 g/mol. The first kappa shape index (κ1) is 28.6. The molecular formula is C27H27F6N7O. The van der Waals surface area contributed by atoms with Gasteiger partial charge in [0.15, 0.2) is 17.0 Å². The highest BCUT2D eigenvalue weighted by Crippen LogP contribution is 2.31. The van der Waals surface area contributed by atoms with Crippen molar-refractivity contribution in [3.63, 3.8) is 0 Å². The van der Waals surface area contributed by atoms with Gasteiger partial charge in [0.2, 0.25) is 5.95 Å². The number of aromatic nitrogens is 4. The molecule has 8 nitrogen and oxygen atoms in total. The molecular weight excluding hydrogens is 552 g/mol. The van der Waals surface area contributed by atoms with Crippen LogP contribution in [0.3, 0.4) is 0 Å². The van der Waals surface area contributed by atoms with Crippen LogP contribution in [-0.4, -0.2) is 63.8 Å². The molecule has 2 aromatic heterocycles. The number of fused-ring (bicyclic) bond motifs is 1. The lowest BCUT2D eigenvalue weighted by Gasteiger charge is -2.26. The molecule has 0 unspecified atom stereocenters. The van der Waals surface area contributed by atoms with Crippen LogP contribution in [0.4, 0.5) is 38.1 Å². The van der Waals surface area contributed by atoms with Gasteiger partial charge in [-0.1, -0.05) is 24.3 Å². The van der Waals surface area contributed by atoms with Crippen LogP contribution in [0, 0.1) is 0 Å². The second-order valence-corrected chi connectivity index (χ2v) is 9.57. The van der Waals surface area contributed by atoms with Gasteiger partial charge in [-0.3, -0.25) is 4.90 Å². The molecule has 0 radical (unpaired) electrons. The zero-order valence-electron chi connectivity index (χ0n) is 21.8. The smallest absolute Gasteiger partial charge is 0.379 e. The number of imidazole rings is 1. The number of hydrogen-bond acceptors (Lipinski definition) is 7. The van der Waals surface area contributed by atoms with E-state index in [1.54, 1.807) is 10.6 Å². The first-order valence-electron chi connectivity index (χ1n) is 12.9. The van der Waals surface area contributed by atoms with Gasteiger partial charge in [0.25, 0.3) is 0 Å². The van der Waals surface area contributed by atoms with Crippen LogP contribution in [0.15, 0.2) is 54.9 Å². The fourth-order valence-electron chi connectivity index (χ4n) is 4.45. The lowest BCUT2D eigenvalue weighted by atomic mass is 10.1. The molecule has 2 N–H and O–H groups in total. The summed E-state index contributed by atoms with van der Waals surface area (Å²) in [6, 6.07) is 9.81. The highest BCUT2D eigenvalue weighted by molar-refractivity contribution is 5.84. The second-order valence-electron chi connectivity index (χ2n) is 9.57. The number of morpholine rings is 1. The van der Waals surface area contributed by atoms with Crippen LogP contribution in [-0.2, 0) is 30.2 Å². The summed E-state index contributed by atoms with van der Waals surface area (Å²) in [6.07, 6.45) is -7.40. The molecule has 41 heavy (non-hydrogen) atoms. The van der Waals surface area contributed by atoms with Crippen LogP contribution in [0.25, 0.3) is 11.2 Å². The molecule has 0 bridgehead atoms. The molecule has 3 heterocycles. The minimum absolute atomic E-state index is 0.0506. The van der Waals surface area contributed by atoms with Gasteiger partial charge in [0.05, 0.1) is 37.2 Å².